The van der Waals surface area contributed by atoms with E-state index in [1.807, 2.05) is 0 Å². The Labute approximate surface area is 194 Å². The molecule has 1 N–H and O–H groups in total. The lowest BCUT2D eigenvalue weighted by Crippen LogP contribution is -2.40. The summed E-state index contributed by atoms with van der Waals surface area (Å²) in [5.41, 5.74) is 2.57. The van der Waals surface area contributed by atoms with Crippen LogP contribution in [0.2, 0.25) is 0 Å². The number of hydrogen-bond donors (Lipinski definition) is 1. The van der Waals surface area contributed by atoms with Crippen molar-refractivity contribution in [2.45, 2.75) is 33.7 Å². The molecule has 0 saturated carbocycles. The highest BCUT2D eigenvalue weighted by Gasteiger charge is 2.25. The molecule has 1 aromatic rings. The monoisotopic (exact) mass is 511 g/mol. The molecule has 2 aliphatic heterocycles. The fourth-order valence-corrected chi connectivity index (χ4v) is 4.15. The molecule has 0 aromatic heterocycles. The van der Waals surface area contributed by atoms with E-state index in [0.717, 1.165) is 64.2 Å². The Kier molecular flexibility index (Phi) is 10.3. The number of anilines is 1. The van der Waals surface area contributed by atoms with Gasteiger partial charge in [0, 0.05) is 45.0 Å². The number of hydrogen-bond acceptors (Lipinski definition) is 3. The van der Waals surface area contributed by atoms with Gasteiger partial charge in [-0.1, -0.05) is 38.1 Å². The number of rotatable bonds is 8. The fraction of sp³-hybridized carbons (Fsp3) is 0.609. The molecule has 0 aliphatic carbocycles. The number of benzene rings is 1. The number of aliphatic imine (C=N–C) groups is 1. The predicted molar refractivity (Wildman–Crippen MR) is 135 cm³/mol. The van der Waals surface area contributed by atoms with Crippen LogP contribution in [0.25, 0.3) is 0 Å². The van der Waals surface area contributed by atoms with E-state index in [2.05, 4.69) is 77.2 Å². The van der Waals surface area contributed by atoms with E-state index in [9.17, 15) is 0 Å². The molecule has 6 heteroatoms. The summed E-state index contributed by atoms with van der Waals surface area (Å²) in [7, 11) is 0. The third kappa shape index (κ3) is 6.88. The zero-order chi connectivity index (χ0) is 19.8. The van der Waals surface area contributed by atoms with Crippen LogP contribution < -0.4 is 10.2 Å². The molecular weight excluding hydrogens is 473 g/mol. The van der Waals surface area contributed by atoms with Crippen LogP contribution in [0.1, 0.15) is 32.8 Å². The number of likely N-dealkylation sites (tertiary alicyclic amines) is 1. The zero-order valence-electron chi connectivity index (χ0n) is 18.3. The highest BCUT2D eigenvalue weighted by Crippen LogP contribution is 2.20. The number of nitrogens with zero attached hydrogens (tertiary/aromatic N) is 4. The molecule has 0 bridgehead atoms. The summed E-state index contributed by atoms with van der Waals surface area (Å²) in [4.78, 5) is 12.3. The summed E-state index contributed by atoms with van der Waals surface area (Å²) in [6.07, 6.45) is 5.73. The third-order valence-electron chi connectivity index (χ3n) is 5.84. The van der Waals surface area contributed by atoms with Crippen LogP contribution in [0.15, 0.2) is 41.4 Å². The van der Waals surface area contributed by atoms with E-state index in [1.165, 1.54) is 24.2 Å². The van der Waals surface area contributed by atoms with Gasteiger partial charge in [0.25, 0.3) is 0 Å². The molecule has 0 spiro atoms. The minimum atomic E-state index is 0. The second-order valence-corrected chi connectivity index (χ2v) is 7.80. The van der Waals surface area contributed by atoms with Crippen LogP contribution in [0.3, 0.4) is 0 Å². The molecule has 2 aliphatic rings. The Morgan fingerprint density at radius 2 is 1.93 bits per heavy atom. The molecule has 0 amide bonds. The number of nitrogens with one attached hydrogen (secondary N) is 1. The molecular formula is C23H38IN5. The summed E-state index contributed by atoms with van der Waals surface area (Å²) in [5, 5.41) is 3.51. The van der Waals surface area contributed by atoms with Gasteiger partial charge in [-0.15, -0.1) is 24.0 Å². The molecule has 1 saturated heterocycles. The molecule has 1 unspecified atom stereocenters. The van der Waals surface area contributed by atoms with Gasteiger partial charge in [-0.2, -0.15) is 0 Å². The van der Waals surface area contributed by atoms with Crippen molar-refractivity contribution in [2.24, 2.45) is 10.9 Å². The van der Waals surface area contributed by atoms with E-state index >= 15 is 0 Å². The SMILES string of the molecule is CCNC(=NCc1cccc(N2CC=CC2)c1)N1CCC(CN(CC)CC)C1.I. The molecule has 2 heterocycles. The first-order valence-electron chi connectivity index (χ1n) is 11.0. The first kappa shape index (κ1) is 24.0. The van der Waals surface area contributed by atoms with Crippen LogP contribution in [0.5, 0.6) is 0 Å². The van der Waals surface area contributed by atoms with E-state index in [4.69, 9.17) is 4.99 Å². The minimum Gasteiger partial charge on any atom is -0.364 e. The van der Waals surface area contributed by atoms with Crippen LogP contribution in [-0.2, 0) is 6.54 Å². The van der Waals surface area contributed by atoms with E-state index in [-0.39, 0.29) is 24.0 Å². The lowest BCUT2D eigenvalue weighted by Gasteiger charge is -2.24. The van der Waals surface area contributed by atoms with Gasteiger partial charge < -0.3 is 20.0 Å². The standard InChI is InChI=1S/C23H37N5.HI/c1-4-24-23(28-15-12-21(19-28)18-26(5-2)6-3)25-17-20-10-9-11-22(16-20)27-13-7-8-14-27;/h7-11,16,21H,4-6,12-15,17-19H2,1-3H3,(H,24,25);1H. The quantitative estimate of drug-likeness (QED) is 0.249. The Hall–Kier alpha value is -1.28. The van der Waals surface area contributed by atoms with Gasteiger partial charge in [-0.05, 0) is 50.0 Å². The molecule has 1 atom stereocenters. The lowest BCUT2D eigenvalue weighted by atomic mass is 10.1. The highest BCUT2D eigenvalue weighted by molar-refractivity contribution is 14.0. The molecule has 5 nitrogen and oxygen atoms in total. The van der Waals surface area contributed by atoms with Crippen LogP contribution >= 0.6 is 24.0 Å². The van der Waals surface area contributed by atoms with Crippen molar-refractivity contribution < 1.29 is 0 Å². The Morgan fingerprint density at radius 3 is 2.62 bits per heavy atom. The maximum atomic E-state index is 4.97. The summed E-state index contributed by atoms with van der Waals surface area (Å²) in [5.74, 6) is 1.81. The molecule has 0 radical (unpaired) electrons. The first-order chi connectivity index (χ1) is 13.7. The summed E-state index contributed by atoms with van der Waals surface area (Å²) < 4.78 is 0. The number of guanidine groups is 1. The van der Waals surface area contributed by atoms with E-state index in [1.54, 1.807) is 0 Å². The molecule has 29 heavy (non-hydrogen) atoms. The van der Waals surface area contributed by atoms with Gasteiger partial charge in [0.2, 0.25) is 0 Å². The second kappa shape index (κ2) is 12.4. The highest BCUT2D eigenvalue weighted by atomic mass is 127. The van der Waals surface area contributed by atoms with Crippen LogP contribution in [-0.4, -0.2) is 68.1 Å². The normalized spacial score (nSPS) is 19.2. The number of halogens is 1. The average molecular weight is 511 g/mol. The Balaban J connectivity index is 0.00000300. The second-order valence-electron chi connectivity index (χ2n) is 7.80. The maximum Gasteiger partial charge on any atom is 0.194 e. The van der Waals surface area contributed by atoms with E-state index < -0.39 is 0 Å². The van der Waals surface area contributed by atoms with Crippen molar-refractivity contribution in [3.8, 4) is 0 Å². The van der Waals surface area contributed by atoms with Crippen molar-refractivity contribution in [1.29, 1.82) is 0 Å². The molecule has 162 valence electrons. The molecule has 1 fully saturated rings. The fourth-order valence-electron chi connectivity index (χ4n) is 4.15. The van der Waals surface area contributed by atoms with Gasteiger partial charge in [-0.3, -0.25) is 0 Å². The summed E-state index contributed by atoms with van der Waals surface area (Å²) >= 11 is 0. The van der Waals surface area contributed by atoms with Gasteiger partial charge in [-0.25, -0.2) is 4.99 Å². The van der Waals surface area contributed by atoms with Gasteiger partial charge in [0.15, 0.2) is 5.96 Å². The maximum absolute atomic E-state index is 4.97. The average Bonchev–Trinajstić information content (AvgIpc) is 3.42. The largest absolute Gasteiger partial charge is 0.364 e. The van der Waals surface area contributed by atoms with Crippen molar-refractivity contribution in [1.82, 2.24) is 15.1 Å². The van der Waals surface area contributed by atoms with Gasteiger partial charge in [0.05, 0.1) is 6.54 Å². The van der Waals surface area contributed by atoms with Crippen LogP contribution in [0.4, 0.5) is 5.69 Å². The van der Waals surface area contributed by atoms with Crippen molar-refractivity contribution in [2.75, 3.05) is 57.3 Å². The smallest absolute Gasteiger partial charge is 0.194 e. The Bertz CT molecular complexity index is 663. The van der Waals surface area contributed by atoms with Crippen molar-refractivity contribution >= 4 is 35.6 Å². The van der Waals surface area contributed by atoms with Gasteiger partial charge in [0.1, 0.15) is 0 Å². The molecule has 1 aromatic carbocycles. The zero-order valence-corrected chi connectivity index (χ0v) is 20.6. The minimum absolute atomic E-state index is 0. The lowest BCUT2D eigenvalue weighted by molar-refractivity contribution is 0.255. The molecule has 3 rings (SSSR count). The summed E-state index contributed by atoms with van der Waals surface area (Å²) in [6, 6.07) is 8.82. The van der Waals surface area contributed by atoms with Crippen molar-refractivity contribution in [3.63, 3.8) is 0 Å². The Morgan fingerprint density at radius 1 is 1.17 bits per heavy atom. The predicted octanol–water partition coefficient (Wildman–Crippen LogP) is 3.81. The topological polar surface area (TPSA) is 34.1 Å². The summed E-state index contributed by atoms with van der Waals surface area (Å²) in [6.45, 7) is 16.0. The first-order valence-corrected chi connectivity index (χ1v) is 11.0. The van der Waals surface area contributed by atoms with Crippen molar-refractivity contribution in [3.05, 3.63) is 42.0 Å². The van der Waals surface area contributed by atoms with Crippen LogP contribution in [0, 0.1) is 5.92 Å². The van der Waals surface area contributed by atoms with Gasteiger partial charge >= 0.3 is 0 Å². The third-order valence-corrected chi connectivity index (χ3v) is 5.84. The van der Waals surface area contributed by atoms with E-state index in [0.29, 0.717) is 0 Å².